The molecule has 0 spiro atoms. The first-order valence-electron chi connectivity index (χ1n) is 15.1. The molecular formula is C31H41N9O4S. The Morgan fingerprint density at radius 1 is 1.02 bits per heavy atom. The molecule has 4 amide bonds. The molecule has 0 saturated carbocycles. The van der Waals surface area contributed by atoms with Crippen LogP contribution in [0.1, 0.15) is 66.7 Å². The Kier molecular flexibility index (Phi) is 12.0. The van der Waals surface area contributed by atoms with Gasteiger partial charge in [0.1, 0.15) is 18.4 Å². The number of benzene rings is 1. The predicted molar refractivity (Wildman–Crippen MR) is 169 cm³/mol. The summed E-state index contributed by atoms with van der Waals surface area (Å²) >= 11 is 1.38. The van der Waals surface area contributed by atoms with Crippen molar-refractivity contribution in [3.8, 4) is 0 Å². The van der Waals surface area contributed by atoms with E-state index in [9.17, 15) is 19.2 Å². The first-order valence-corrected chi connectivity index (χ1v) is 16.3. The van der Waals surface area contributed by atoms with Crippen molar-refractivity contribution in [3.63, 3.8) is 0 Å². The molecule has 0 aliphatic carbocycles. The molecule has 13 nitrogen and oxygen atoms in total. The van der Waals surface area contributed by atoms with Gasteiger partial charge in [-0.25, -0.2) is 19.6 Å². The summed E-state index contributed by atoms with van der Waals surface area (Å²) in [4.78, 5) is 67.9. The van der Waals surface area contributed by atoms with Crippen LogP contribution < -0.4 is 16.0 Å². The van der Waals surface area contributed by atoms with Crippen molar-refractivity contribution in [2.24, 2.45) is 5.92 Å². The van der Waals surface area contributed by atoms with E-state index in [0.29, 0.717) is 54.8 Å². The molecule has 1 aliphatic heterocycles. The van der Waals surface area contributed by atoms with E-state index >= 15 is 0 Å². The van der Waals surface area contributed by atoms with E-state index in [2.05, 4.69) is 36.0 Å². The number of hydrogen-bond donors (Lipinski definition) is 3. The largest absolute Gasteiger partial charge is 0.354 e. The average Bonchev–Trinajstić information content (AvgIpc) is 3.38. The molecule has 0 fully saturated rings. The molecule has 3 heterocycles. The van der Waals surface area contributed by atoms with Gasteiger partial charge >= 0.3 is 0 Å². The number of fused-ring (bicyclic) bond motifs is 1. The minimum Gasteiger partial charge on any atom is -0.354 e. The highest BCUT2D eigenvalue weighted by Crippen LogP contribution is 2.21. The number of carbonyl (C=O) groups is 4. The number of nitrogens with one attached hydrogen (secondary N) is 3. The molecule has 1 aromatic carbocycles. The third-order valence-corrected chi connectivity index (χ3v) is 7.96. The highest BCUT2D eigenvalue weighted by molar-refractivity contribution is 7.98. The lowest BCUT2D eigenvalue weighted by Crippen LogP contribution is -2.50. The minimum absolute atomic E-state index is 0.0797. The Morgan fingerprint density at radius 3 is 2.42 bits per heavy atom. The van der Waals surface area contributed by atoms with Crippen molar-refractivity contribution in [1.29, 1.82) is 0 Å². The number of thioether (sulfide) groups is 1. The third-order valence-electron chi connectivity index (χ3n) is 7.38. The highest BCUT2D eigenvalue weighted by Gasteiger charge is 2.30. The number of aryl methyl sites for hydroxylation is 1. The molecule has 2 atom stereocenters. The van der Waals surface area contributed by atoms with Crippen molar-refractivity contribution >= 4 is 35.4 Å². The van der Waals surface area contributed by atoms with Gasteiger partial charge < -0.3 is 20.9 Å². The molecule has 0 radical (unpaired) electrons. The molecule has 240 valence electrons. The van der Waals surface area contributed by atoms with Gasteiger partial charge in [-0.3, -0.25) is 19.2 Å². The Balaban J connectivity index is 1.59. The Labute approximate surface area is 267 Å². The molecule has 14 heteroatoms. The maximum Gasteiger partial charge on any atom is 0.256 e. The monoisotopic (exact) mass is 635 g/mol. The van der Waals surface area contributed by atoms with Crippen LogP contribution in [-0.4, -0.2) is 85.2 Å². The SMILES string of the molecule is CSc1ncc(C(=O)N2CCCNC(=O)Cn3nc(C)nc3[C@H](C(C)C)NC(=O)[C@@H](Cc3ccccc3)NC(=O)CCC2)cn1. The topological polar surface area (TPSA) is 164 Å². The number of aromatic nitrogens is 5. The number of nitrogens with zero attached hydrogens (tertiary/aromatic N) is 6. The maximum atomic E-state index is 13.8. The summed E-state index contributed by atoms with van der Waals surface area (Å²) in [5, 5.41) is 13.9. The summed E-state index contributed by atoms with van der Waals surface area (Å²) in [6, 6.07) is 8.07. The zero-order valence-electron chi connectivity index (χ0n) is 26.2. The van der Waals surface area contributed by atoms with Gasteiger partial charge in [-0.2, -0.15) is 5.10 Å². The van der Waals surface area contributed by atoms with E-state index in [4.69, 9.17) is 0 Å². The van der Waals surface area contributed by atoms with E-state index in [-0.39, 0.29) is 48.9 Å². The Bertz CT molecular complexity index is 1460. The van der Waals surface area contributed by atoms with Gasteiger partial charge in [0.05, 0.1) is 11.6 Å². The summed E-state index contributed by atoms with van der Waals surface area (Å²) in [5.41, 5.74) is 1.24. The smallest absolute Gasteiger partial charge is 0.256 e. The third kappa shape index (κ3) is 9.58. The Morgan fingerprint density at radius 2 is 1.73 bits per heavy atom. The number of amides is 4. The summed E-state index contributed by atoms with van der Waals surface area (Å²) < 4.78 is 1.51. The number of hydrogen-bond acceptors (Lipinski definition) is 9. The number of carbonyl (C=O) groups excluding carboxylic acids is 4. The molecule has 4 rings (SSSR count). The van der Waals surface area contributed by atoms with Crippen molar-refractivity contribution in [1.82, 2.24) is 45.6 Å². The minimum atomic E-state index is -0.856. The average molecular weight is 636 g/mol. The van der Waals surface area contributed by atoms with Gasteiger partial charge in [0.2, 0.25) is 17.7 Å². The lowest BCUT2D eigenvalue weighted by atomic mass is 10.0. The quantitative estimate of drug-likeness (QED) is 0.281. The van der Waals surface area contributed by atoms with Crippen LogP contribution in [-0.2, 0) is 27.3 Å². The normalized spacial score (nSPS) is 19.1. The van der Waals surface area contributed by atoms with Gasteiger partial charge in [-0.05, 0) is 37.5 Å². The van der Waals surface area contributed by atoms with Crippen molar-refractivity contribution in [2.75, 3.05) is 25.9 Å². The molecular weight excluding hydrogens is 594 g/mol. The van der Waals surface area contributed by atoms with Crippen LogP contribution in [0.5, 0.6) is 0 Å². The van der Waals surface area contributed by atoms with Crippen LogP contribution in [0.3, 0.4) is 0 Å². The number of rotatable bonds is 5. The van der Waals surface area contributed by atoms with E-state index in [1.807, 2.05) is 50.4 Å². The maximum absolute atomic E-state index is 13.8. The fourth-order valence-electron chi connectivity index (χ4n) is 5.08. The van der Waals surface area contributed by atoms with Crippen LogP contribution in [0.4, 0.5) is 0 Å². The summed E-state index contributed by atoms with van der Waals surface area (Å²) in [7, 11) is 0. The zero-order valence-corrected chi connectivity index (χ0v) is 27.0. The van der Waals surface area contributed by atoms with Gasteiger partial charge in [0, 0.05) is 44.9 Å². The van der Waals surface area contributed by atoms with Crippen LogP contribution in [0.2, 0.25) is 0 Å². The van der Waals surface area contributed by atoms with Gasteiger partial charge in [0.15, 0.2) is 11.0 Å². The van der Waals surface area contributed by atoms with E-state index in [1.54, 1.807) is 11.8 Å². The molecule has 3 aromatic rings. The Hall–Kier alpha value is -4.33. The van der Waals surface area contributed by atoms with E-state index in [1.165, 1.54) is 28.8 Å². The molecule has 2 aromatic heterocycles. The first-order chi connectivity index (χ1) is 21.6. The summed E-state index contributed by atoms with van der Waals surface area (Å²) in [6.07, 6.45) is 6.12. The van der Waals surface area contributed by atoms with Crippen LogP contribution in [0.15, 0.2) is 47.9 Å². The zero-order chi connectivity index (χ0) is 32.3. The van der Waals surface area contributed by atoms with Gasteiger partial charge in [-0.15, -0.1) is 0 Å². The fourth-order valence-corrected chi connectivity index (χ4v) is 5.39. The standard InChI is InChI=1S/C31H41N9O4S/c1-20(2)27-28-35-21(3)38-40(28)19-26(42)32-13-9-15-39(30(44)23-17-33-31(45-4)34-18-23)14-8-12-25(41)36-24(29(43)37-27)16-22-10-6-5-7-11-22/h5-7,10-11,17-18,20,24,27H,8-9,12-16,19H2,1-4H3,(H,32,42)(H,36,41)(H,37,43)/t24-,27+/m1/s1. The van der Waals surface area contributed by atoms with E-state index < -0.39 is 12.1 Å². The lowest BCUT2D eigenvalue weighted by molar-refractivity contribution is -0.129. The summed E-state index contributed by atoms with van der Waals surface area (Å²) in [6.45, 7) is 6.54. The van der Waals surface area contributed by atoms with Crippen molar-refractivity contribution in [3.05, 3.63) is 65.5 Å². The van der Waals surface area contributed by atoms with Crippen LogP contribution in [0, 0.1) is 12.8 Å². The molecule has 45 heavy (non-hydrogen) atoms. The van der Waals surface area contributed by atoms with Gasteiger partial charge in [-0.1, -0.05) is 55.9 Å². The van der Waals surface area contributed by atoms with Crippen molar-refractivity contribution < 1.29 is 19.2 Å². The highest BCUT2D eigenvalue weighted by atomic mass is 32.2. The fraction of sp³-hybridized carbons (Fsp3) is 0.484. The second-order valence-electron chi connectivity index (χ2n) is 11.3. The van der Waals surface area contributed by atoms with Crippen LogP contribution >= 0.6 is 11.8 Å². The molecule has 1 aliphatic rings. The van der Waals surface area contributed by atoms with E-state index in [0.717, 1.165) is 5.56 Å². The second-order valence-corrected chi connectivity index (χ2v) is 12.0. The predicted octanol–water partition coefficient (Wildman–Crippen LogP) is 2.08. The first kappa shape index (κ1) is 33.6. The van der Waals surface area contributed by atoms with Gasteiger partial charge in [0.25, 0.3) is 5.91 Å². The molecule has 0 bridgehead atoms. The molecule has 0 saturated heterocycles. The molecule has 0 unspecified atom stereocenters. The van der Waals surface area contributed by atoms with Crippen LogP contribution in [0.25, 0.3) is 0 Å². The summed E-state index contributed by atoms with van der Waals surface area (Å²) in [5.74, 6) is -0.320. The molecule has 3 N–H and O–H groups in total. The second kappa shape index (κ2) is 16.1. The lowest BCUT2D eigenvalue weighted by Gasteiger charge is -2.26. The van der Waals surface area contributed by atoms with Crippen molar-refractivity contribution in [2.45, 2.75) is 70.2 Å².